The van der Waals surface area contributed by atoms with Crippen molar-refractivity contribution >= 4 is 9.84 Å². The third-order valence-electron chi connectivity index (χ3n) is 4.78. The molecule has 158 valence electrons. The predicted molar refractivity (Wildman–Crippen MR) is 107 cm³/mol. The van der Waals surface area contributed by atoms with Crippen molar-refractivity contribution in [2.45, 2.75) is 16.5 Å². The number of halogens is 3. The van der Waals surface area contributed by atoms with Gasteiger partial charge in [0.1, 0.15) is 0 Å². The molecule has 0 aliphatic rings. The van der Waals surface area contributed by atoms with Crippen molar-refractivity contribution in [3.05, 3.63) is 90.0 Å². The average molecular weight is 435 g/mol. The molecule has 0 spiro atoms. The number of alkyl halides is 3. The van der Waals surface area contributed by atoms with E-state index in [-0.39, 0.29) is 11.4 Å². The van der Waals surface area contributed by atoms with Crippen LogP contribution in [0, 0.1) is 0 Å². The first-order valence-corrected chi connectivity index (χ1v) is 10.9. The van der Waals surface area contributed by atoms with E-state index in [0.29, 0.717) is 16.7 Å². The molecule has 9 heteroatoms. The fourth-order valence-electron chi connectivity index (χ4n) is 3.42. The zero-order chi connectivity index (χ0) is 21.8. The molecular weight excluding hydrogens is 415 g/mol. The Labute approximate surface area is 172 Å². The van der Waals surface area contributed by atoms with Crippen molar-refractivity contribution in [1.29, 1.82) is 0 Å². The highest BCUT2D eigenvalue weighted by Gasteiger charge is 2.38. The van der Waals surface area contributed by atoms with Gasteiger partial charge in [0.25, 0.3) is 0 Å². The summed E-state index contributed by atoms with van der Waals surface area (Å²) in [6, 6.07) is 13.1. The van der Waals surface area contributed by atoms with Crippen LogP contribution in [-0.4, -0.2) is 43.9 Å². The van der Waals surface area contributed by atoms with Crippen LogP contribution in [0.25, 0.3) is 0 Å². The van der Waals surface area contributed by atoms with Crippen LogP contribution in [0.15, 0.2) is 78.2 Å². The van der Waals surface area contributed by atoms with E-state index in [1.165, 1.54) is 12.1 Å². The second-order valence-corrected chi connectivity index (χ2v) is 8.92. The van der Waals surface area contributed by atoms with Crippen LogP contribution in [0.2, 0.25) is 0 Å². The van der Waals surface area contributed by atoms with E-state index in [0.717, 1.165) is 6.26 Å². The summed E-state index contributed by atoms with van der Waals surface area (Å²) in [7, 11) is -3.53. The van der Waals surface area contributed by atoms with E-state index in [2.05, 4.69) is 15.3 Å². The third kappa shape index (κ3) is 4.85. The second-order valence-electron chi connectivity index (χ2n) is 6.91. The summed E-state index contributed by atoms with van der Waals surface area (Å²) in [4.78, 5) is 8.36. The summed E-state index contributed by atoms with van der Waals surface area (Å²) in [6.07, 6.45) is 2.94. The maximum absolute atomic E-state index is 12.9. The minimum atomic E-state index is -4.40. The Morgan fingerprint density at radius 1 is 0.867 bits per heavy atom. The van der Waals surface area contributed by atoms with Gasteiger partial charge in [-0.1, -0.05) is 24.3 Å². The lowest BCUT2D eigenvalue weighted by Crippen LogP contribution is -2.43. The Morgan fingerprint density at radius 2 is 1.43 bits per heavy atom. The molecule has 2 heterocycles. The van der Waals surface area contributed by atoms with Crippen molar-refractivity contribution in [3.63, 3.8) is 0 Å². The largest absolute Gasteiger partial charge is 0.401 e. The fraction of sp³-hybridized carbons (Fsp3) is 0.238. The van der Waals surface area contributed by atoms with E-state index in [1.807, 2.05) is 0 Å². The zero-order valence-electron chi connectivity index (χ0n) is 16.1. The number of rotatable bonds is 7. The molecule has 0 amide bonds. The highest BCUT2D eigenvalue weighted by molar-refractivity contribution is 7.90. The molecule has 3 aromatic rings. The van der Waals surface area contributed by atoms with E-state index >= 15 is 0 Å². The molecule has 0 atom stereocenters. The van der Waals surface area contributed by atoms with Gasteiger partial charge in [0.05, 0.1) is 16.9 Å². The summed E-state index contributed by atoms with van der Waals surface area (Å²) in [5.41, 5.74) is 0.590. The molecular formula is C21H20F3N3O2S. The monoisotopic (exact) mass is 435 g/mol. The van der Waals surface area contributed by atoms with Crippen LogP contribution in [0.3, 0.4) is 0 Å². The molecule has 0 fully saturated rings. The Kier molecular flexibility index (Phi) is 6.23. The van der Waals surface area contributed by atoms with Gasteiger partial charge in [-0.25, -0.2) is 8.42 Å². The summed E-state index contributed by atoms with van der Waals surface area (Å²) in [5.74, 6) is 0. The quantitative estimate of drug-likeness (QED) is 0.616. The molecule has 1 N–H and O–H groups in total. The molecule has 3 rings (SSSR count). The number of sulfone groups is 1. The van der Waals surface area contributed by atoms with Crippen LogP contribution in [0.4, 0.5) is 13.2 Å². The molecule has 2 aromatic heterocycles. The van der Waals surface area contributed by atoms with Gasteiger partial charge < -0.3 is 5.32 Å². The predicted octanol–water partition coefficient (Wildman–Crippen LogP) is 3.37. The molecule has 0 saturated carbocycles. The van der Waals surface area contributed by atoms with Crippen LogP contribution in [0.1, 0.15) is 16.7 Å². The van der Waals surface area contributed by atoms with Gasteiger partial charge in [0.15, 0.2) is 9.84 Å². The summed E-state index contributed by atoms with van der Waals surface area (Å²) in [6.45, 7) is -1.34. The number of benzene rings is 1. The van der Waals surface area contributed by atoms with Crippen molar-refractivity contribution in [3.8, 4) is 0 Å². The minimum Gasteiger partial charge on any atom is -0.307 e. The minimum absolute atomic E-state index is 0.0768. The summed E-state index contributed by atoms with van der Waals surface area (Å²) in [5, 5.41) is 2.49. The van der Waals surface area contributed by atoms with Crippen molar-refractivity contribution in [1.82, 2.24) is 15.3 Å². The number of pyridine rings is 2. The zero-order valence-corrected chi connectivity index (χ0v) is 16.9. The molecule has 0 saturated heterocycles. The molecule has 1 aromatic carbocycles. The molecule has 30 heavy (non-hydrogen) atoms. The first-order chi connectivity index (χ1) is 14.1. The Bertz CT molecular complexity index is 1050. The number of nitrogens with zero attached hydrogens (tertiary/aromatic N) is 2. The van der Waals surface area contributed by atoms with E-state index < -0.39 is 28.0 Å². The third-order valence-corrected chi connectivity index (χ3v) is 5.89. The van der Waals surface area contributed by atoms with E-state index in [4.69, 9.17) is 0 Å². The number of hydrogen-bond donors (Lipinski definition) is 1. The SMILES string of the molecule is CS(=O)(=O)c1cccc(C(CNCC(F)(F)F)(c2cccnc2)c2cccnc2)c1. The van der Waals surface area contributed by atoms with Crippen molar-refractivity contribution in [2.75, 3.05) is 19.3 Å². The Hall–Kier alpha value is -2.78. The second kappa shape index (κ2) is 8.53. The van der Waals surface area contributed by atoms with Gasteiger partial charge in [-0.05, 0) is 41.0 Å². The molecule has 5 nitrogen and oxygen atoms in total. The molecule has 0 bridgehead atoms. The summed E-state index contributed by atoms with van der Waals surface area (Å²) < 4.78 is 63.0. The fourth-order valence-corrected chi connectivity index (χ4v) is 4.09. The van der Waals surface area contributed by atoms with Gasteiger partial charge in [0.2, 0.25) is 0 Å². The topological polar surface area (TPSA) is 72.0 Å². The van der Waals surface area contributed by atoms with Gasteiger partial charge in [0, 0.05) is 37.6 Å². The van der Waals surface area contributed by atoms with Crippen LogP contribution >= 0.6 is 0 Å². The lowest BCUT2D eigenvalue weighted by atomic mass is 9.70. The maximum atomic E-state index is 12.9. The van der Waals surface area contributed by atoms with Gasteiger partial charge >= 0.3 is 6.18 Å². The van der Waals surface area contributed by atoms with Gasteiger partial charge in [-0.2, -0.15) is 13.2 Å². The van der Waals surface area contributed by atoms with Crippen molar-refractivity contribution < 1.29 is 21.6 Å². The summed E-state index contributed by atoms with van der Waals surface area (Å²) >= 11 is 0. The van der Waals surface area contributed by atoms with E-state index in [1.54, 1.807) is 61.2 Å². The molecule has 0 aliphatic carbocycles. The molecule has 0 radical (unpaired) electrons. The van der Waals surface area contributed by atoms with Gasteiger partial charge in [-0.15, -0.1) is 0 Å². The molecule has 0 aliphatic heterocycles. The first-order valence-electron chi connectivity index (χ1n) is 9.02. The Balaban J connectivity index is 2.26. The molecule has 0 unspecified atom stereocenters. The maximum Gasteiger partial charge on any atom is 0.401 e. The number of aromatic nitrogens is 2. The lowest BCUT2D eigenvalue weighted by Gasteiger charge is -2.36. The smallest absolute Gasteiger partial charge is 0.307 e. The number of nitrogens with one attached hydrogen (secondary N) is 1. The van der Waals surface area contributed by atoms with E-state index in [9.17, 15) is 21.6 Å². The van der Waals surface area contributed by atoms with Crippen LogP contribution in [-0.2, 0) is 15.3 Å². The van der Waals surface area contributed by atoms with Crippen molar-refractivity contribution in [2.24, 2.45) is 0 Å². The average Bonchev–Trinajstić information content (AvgIpc) is 2.71. The highest BCUT2D eigenvalue weighted by Crippen LogP contribution is 2.39. The number of hydrogen-bond acceptors (Lipinski definition) is 5. The highest BCUT2D eigenvalue weighted by atomic mass is 32.2. The lowest BCUT2D eigenvalue weighted by molar-refractivity contribution is -0.125. The first kappa shape index (κ1) is 21.9. The standard InChI is InChI=1S/C21H20F3N3O2S/c1-30(28,29)19-8-2-5-16(11-19)20(14-27-15-21(22,23)24,17-6-3-9-25-12-17)18-7-4-10-26-13-18/h2-13,27H,14-15H2,1H3. The van der Waals surface area contributed by atoms with Gasteiger partial charge in [-0.3, -0.25) is 9.97 Å². The normalized spacial score (nSPS) is 12.7. The van der Waals surface area contributed by atoms with Crippen LogP contribution < -0.4 is 5.32 Å². The van der Waals surface area contributed by atoms with Crippen LogP contribution in [0.5, 0.6) is 0 Å². The Morgan fingerprint density at radius 3 is 1.90 bits per heavy atom.